The number of aromatic nitrogens is 2. The van der Waals surface area contributed by atoms with Crippen molar-refractivity contribution in [3.05, 3.63) is 11.7 Å². The Morgan fingerprint density at radius 1 is 1.47 bits per heavy atom. The number of hydrogen-bond donors (Lipinski definition) is 1. The van der Waals surface area contributed by atoms with Gasteiger partial charge in [-0.1, -0.05) is 5.16 Å². The van der Waals surface area contributed by atoms with E-state index in [1.165, 1.54) is 0 Å². The van der Waals surface area contributed by atoms with Gasteiger partial charge >= 0.3 is 0 Å². The molecule has 1 unspecified atom stereocenters. The molecular weight excluding hydrogens is 222 g/mol. The van der Waals surface area contributed by atoms with Crippen molar-refractivity contribution in [1.29, 1.82) is 0 Å². The van der Waals surface area contributed by atoms with Crippen LogP contribution in [0.3, 0.4) is 0 Å². The van der Waals surface area contributed by atoms with Crippen molar-refractivity contribution in [3.63, 3.8) is 0 Å². The summed E-state index contributed by atoms with van der Waals surface area (Å²) >= 11 is 0. The van der Waals surface area contributed by atoms with Crippen molar-refractivity contribution in [2.75, 3.05) is 34.0 Å². The van der Waals surface area contributed by atoms with Crippen LogP contribution in [-0.2, 0) is 22.3 Å². The molecule has 0 fully saturated rings. The number of rotatable bonds is 9. The Bertz CT molecular complexity index is 304. The van der Waals surface area contributed by atoms with E-state index in [9.17, 15) is 0 Å². The molecule has 1 aromatic heterocycles. The van der Waals surface area contributed by atoms with Gasteiger partial charge in [0.05, 0.1) is 13.2 Å². The second kappa shape index (κ2) is 8.16. The predicted molar refractivity (Wildman–Crippen MR) is 62.9 cm³/mol. The molecule has 0 saturated heterocycles. The molecule has 1 N–H and O–H groups in total. The van der Waals surface area contributed by atoms with E-state index in [4.69, 9.17) is 14.0 Å². The number of nitrogens with one attached hydrogen (secondary N) is 1. The summed E-state index contributed by atoms with van der Waals surface area (Å²) in [5, 5.41) is 7.04. The lowest BCUT2D eigenvalue weighted by Crippen LogP contribution is -2.32. The summed E-state index contributed by atoms with van der Waals surface area (Å²) in [5.41, 5.74) is 0. The van der Waals surface area contributed by atoms with E-state index >= 15 is 0 Å². The highest BCUT2D eigenvalue weighted by atomic mass is 16.5. The largest absolute Gasteiger partial charge is 0.383 e. The molecule has 0 amide bonds. The van der Waals surface area contributed by atoms with E-state index in [1.54, 1.807) is 7.11 Å². The Balaban J connectivity index is 2.38. The fourth-order valence-electron chi connectivity index (χ4n) is 1.44. The third kappa shape index (κ3) is 5.25. The van der Waals surface area contributed by atoms with Gasteiger partial charge in [0.1, 0.15) is 0 Å². The normalized spacial score (nSPS) is 12.9. The zero-order valence-electron chi connectivity index (χ0n) is 10.7. The highest BCUT2D eigenvalue weighted by Gasteiger charge is 2.12. The molecule has 1 rings (SSSR count). The quantitative estimate of drug-likeness (QED) is 0.634. The van der Waals surface area contributed by atoms with Gasteiger partial charge in [0.2, 0.25) is 5.89 Å². The van der Waals surface area contributed by atoms with Crippen LogP contribution < -0.4 is 5.32 Å². The molecule has 1 atom stereocenters. The van der Waals surface area contributed by atoms with Crippen LogP contribution in [0.5, 0.6) is 0 Å². The van der Waals surface area contributed by atoms with Crippen molar-refractivity contribution in [1.82, 2.24) is 15.5 Å². The summed E-state index contributed by atoms with van der Waals surface area (Å²) in [6.45, 7) is 3.92. The SMILES string of the molecule is CCOCCc1noc(CC(COC)NC)n1. The first kappa shape index (κ1) is 14.1. The molecule has 0 aliphatic carbocycles. The van der Waals surface area contributed by atoms with Gasteiger partial charge in [0.15, 0.2) is 5.82 Å². The second-order valence-electron chi connectivity index (χ2n) is 3.70. The molecule has 0 aliphatic rings. The van der Waals surface area contributed by atoms with E-state index in [2.05, 4.69) is 15.5 Å². The Hall–Kier alpha value is -0.980. The van der Waals surface area contributed by atoms with Crippen LogP contribution in [0, 0.1) is 0 Å². The summed E-state index contributed by atoms with van der Waals surface area (Å²) in [7, 11) is 3.56. The van der Waals surface area contributed by atoms with Crippen molar-refractivity contribution < 1.29 is 14.0 Å². The van der Waals surface area contributed by atoms with Crippen LogP contribution in [0.2, 0.25) is 0 Å². The van der Waals surface area contributed by atoms with Gasteiger partial charge in [-0.05, 0) is 14.0 Å². The maximum atomic E-state index is 5.23. The maximum Gasteiger partial charge on any atom is 0.228 e. The molecule has 0 radical (unpaired) electrons. The monoisotopic (exact) mass is 243 g/mol. The second-order valence-corrected chi connectivity index (χ2v) is 3.70. The third-order valence-electron chi connectivity index (χ3n) is 2.38. The van der Waals surface area contributed by atoms with E-state index in [1.807, 2.05) is 14.0 Å². The summed E-state index contributed by atoms with van der Waals surface area (Å²) in [6, 6.07) is 0.195. The number of likely N-dealkylation sites (N-methyl/N-ethyl adjacent to an activating group) is 1. The summed E-state index contributed by atoms with van der Waals surface area (Å²) in [6.07, 6.45) is 1.36. The van der Waals surface area contributed by atoms with Crippen molar-refractivity contribution in [3.8, 4) is 0 Å². The minimum Gasteiger partial charge on any atom is -0.383 e. The Labute approximate surface area is 102 Å². The first-order valence-corrected chi connectivity index (χ1v) is 5.85. The first-order valence-electron chi connectivity index (χ1n) is 5.85. The van der Waals surface area contributed by atoms with Crippen LogP contribution in [0.1, 0.15) is 18.6 Å². The molecule has 0 aromatic carbocycles. The molecule has 98 valence electrons. The van der Waals surface area contributed by atoms with Gasteiger partial charge in [-0.15, -0.1) is 0 Å². The van der Waals surface area contributed by atoms with Gasteiger partial charge in [0, 0.05) is 32.6 Å². The van der Waals surface area contributed by atoms with Gasteiger partial charge in [0.25, 0.3) is 0 Å². The topological polar surface area (TPSA) is 69.4 Å². The minimum absolute atomic E-state index is 0.195. The number of methoxy groups -OCH3 is 1. The van der Waals surface area contributed by atoms with E-state index in [0.717, 1.165) is 0 Å². The van der Waals surface area contributed by atoms with Crippen molar-refractivity contribution in [2.45, 2.75) is 25.8 Å². The molecule has 17 heavy (non-hydrogen) atoms. The zero-order chi connectivity index (χ0) is 12.5. The van der Waals surface area contributed by atoms with E-state index in [-0.39, 0.29) is 6.04 Å². The van der Waals surface area contributed by atoms with Crippen LogP contribution in [-0.4, -0.2) is 50.2 Å². The fourth-order valence-corrected chi connectivity index (χ4v) is 1.44. The number of hydrogen-bond acceptors (Lipinski definition) is 6. The smallest absolute Gasteiger partial charge is 0.228 e. The van der Waals surface area contributed by atoms with Crippen molar-refractivity contribution in [2.24, 2.45) is 0 Å². The Morgan fingerprint density at radius 2 is 2.29 bits per heavy atom. The lowest BCUT2D eigenvalue weighted by atomic mass is 10.2. The lowest BCUT2D eigenvalue weighted by molar-refractivity contribution is 0.149. The summed E-state index contributed by atoms with van der Waals surface area (Å²) in [4.78, 5) is 4.30. The Morgan fingerprint density at radius 3 is 2.94 bits per heavy atom. The zero-order valence-corrected chi connectivity index (χ0v) is 10.7. The third-order valence-corrected chi connectivity index (χ3v) is 2.38. The predicted octanol–water partition coefficient (Wildman–Crippen LogP) is 0.426. The molecule has 6 nitrogen and oxygen atoms in total. The summed E-state index contributed by atoms with van der Waals surface area (Å²) in [5.74, 6) is 1.33. The molecule has 0 spiro atoms. The molecule has 1 heterocycles. The summed E-state index contributed by atoms with van der Waals surface area (Å²) < 4.78 is 15.5. The van der Waals surface area contributed by atoms with E-state index < -0.39 is 0 Å². The maximum absolute atomic E-state index is 5.23. The van der Waals surface area contributed by atoms with Crippen molar-refractivity contribution >= 4 is 0 Å². The Kier molecular flexibility index (Phi) is 6.76. The standard InChI is InChI=1S/C11H21N3O3/c1-4-16-6-5-10-13-11(17-14-10)7-9(12-2)8-15-3/h9,12H,4-8H2,1-3H3. The van der Waals surface area contributed by atoms with Gasteiger partial charge in [-0.2, -0.15) is 4.98 Å². The average molecular weight is 243 g/mol. The highest BCUT2D eigenvalue weighted by molar-refractivity contribution is 4.89. The molecule has 1 aromatic rings. The fraction of sp³-hybridized carbons (Fsp3) is 0.818. The average Bonchev–Trinajstić information content (AvgIpc) is 2.77. The van der Waals surface area contributed by atoms with Gasteiger partial charge in [-0.25, -0.2) is 0 Å². The van der Waals surface area contributed by atoms with Gasteiger partial charge in [-0.3, -0.25) is 0 Å². The molecule has 0 bridgehead atoms. The molecule has 0 aliphatic heterocycles. The van der Waals surface area contributed by atoms with Crippen LogP contribution in [0.25, 0.3) is 0 Å². The van der Waals surface area contributed by atoms with Gasteiger partial charge < -0.3 is 19.3 Å². The highest BCUT2D eigenvalue weighted by Crippen LogP contribution is 2.02. The van der Waals surface area contributed by atoms with Crippen LogP contribution >= 0.6 is 0 Å². The minimum atomic E-state index is 0.195. The first-order chi connectivity index (χ1) is 8.30. The van der Waals surface area contributed by atoms with Crippen LogP contribution in [0.4, 0.5) is 0 Å². The molecule has 0 saturated carbocycles. The lowest BCUT2D eigenvalue weighted by Gasteiger charge is -2.11. The van der Waals surface area contributed by atoms with E-state index in [0.29, 0.717) is 44.4 Å². The number of ether oxygens (including phenoxy) is 2. The molecule has 6 heteroatoms. The molecular formula is C11H21N3O3. The van der Waals surface area contributed by atoms with Crippen LogP contribution in [0.15, 0.2) is 4.52 Å². The number of nitrogens with zero attached hydrogens (tertiary/aromatic N) is 2.